The van der Waals surface area contributed by atoms with Crippen LogP contribution in [0.25, 0.3) is 0 Å². The van der Waals surface area contributed by atoms with E-state index in [9.17, 15) is 9.18 Å². The molecule has 2 nitrogen and oxygen atoms in total. The van der Waals surface area contributed by atoms with Crippen molar-refractivity contribution in [2.45, 2.75) is 83.9 Å². The van der Waals surface area contributed by atoms with E-state index in [-0.39, 0.29) is 5.97 Å². The fourth-order valence-corrected chi connectivity index (χ4v) is 2.72. The van der Waals surface area contributed by atoms with Gasteiger partial charge in [-0.05, 0) is 58.8 Å². The molecule has 0 atom stereocenters. The molecule has 106 valence electrons. The van der Waals surface area contributed by atoms with Gasteiger partial charge < -0.3 is 4.74 Å². The third kappa shape index (κ3) is 5.36. The van der Waals surface area contributed by atoms with Crippen LogP contribution in [0.5, 0.6) is 0 Å². The molecule has 18 heavy (non-hydrogen) atoms. The smallest absolute Gasteiger partial charge is 0.306 e. The highest BCUT2D eigenvalue weighted by molar-refractivity contribution is 5.70. The zero-order valence-corrected chi connectivity index (χ0v) is 12.2. The maximum Gasteiger partial charge on any atom is 0.306 e. The van der Waals surface area contributed by atoms with Crippen molar-refractivity contribution < 1.29 is 13.9 Å². The second kappa shape index (κ2) is 6.03. The molecule has 1 rings (SSSR count). The average Bonchev–Trinajstić information content (AvgIpc) is 2.19. The van der Waals surface area contributed by atoms with Gasteiger partial charge in [-0.3, -0.25) is 4.79 Å². The van der Waals surface area contributed by atoms with Gasteiger partial charge in [-0.25, -0.2) is 4.39 Å². The third-order valence-electron chi connectivity index (χ3n) is 3.57. The molecule has 0 amide bonds. The molecule has 0 aliphatic heterocycles. The first-order valence-electron chi connectivity index (χ1n) is 7.15. The second-order valence-corrected chi connectivity index (χ2v) is 6.63. The highest BCUT2D eigenvalue weighted by atomic mass is 19.1. The Labute approximate surface area is 110 Å². The summed E-state index contributed by atoms with van der Waals surface area (Å²) in [5, 5.41) is 0. The van der Waals surface area contributed by atoms with E-state index in [0.29, 0.717) is 31.6 Å². The monoisotopic (exact) mass is 258 g/mol. The van der Waals surface area contributed by atoms with Crippen molar-refractivity contribution in [1.29, 1.82) is 0 Å². The average molecular weight is 258 g/mol. The van der Waals surface area contributed by atoms with Gasteiger partial charge in [0, 0.05) is 6.42 Å². The lowest BCUT2D eigenvalue weighted by Crippen LogP contribution is -2.31. The molecule has 0 saturated heterocycles. The Morgan fingerprint density at radius 1 is 1.33 bits per heavy atom. The van der Waals surface area contributed by atoms with E-state index in [1.807, 2.05) is 27.7 Å². The van der Waals surface area contributed by atoms with Gasteiger partial charge in [0.15, 0.2) is 0 Å². The Bertz CT molecular complexity index is 273. The number of hydrogen-bond donors (Lipinski definition) is 0. The Morgan fingerprint density at radius 3 is 2.33 bits per heavy atom. The SMILES string of the molecule is CCCC1(F)CCC(CC(=O)OC(C)(C)C)CC1. The Kier molecular flexibility index (Phi) is 5.18. The third-order valence-corrected chi connectivity index (χ3v) is 3.57. The van der Waals surface area contributed by atoms with Crippen LogP contribution in [0.4, 0.5) is 4.39 Å². The number of halogens is 1. The van der Waals surface area contributed by atoms with Gasteiger partial charge in [-0.15, -0.1) is 0 Å². The van der Waals surface area contributed by atoms with Crippen molar-refractivity contribution in [3.05, 3.63) is 0 Å². The molecular weight excluding hydrogens is 231 g/mol. The molecule has 0 aromatic rings. The van der Waals surface area contributed by atoms with E-state index in [1.165, 1.54) is 0 Å². The van der Waals surface area contributed by atoms with Crippen molar-refractivity contribution in [1.82, 2.24) is 0 Å². The lowest BCUT2D eigenvalue weighted by Gasteiger charge is -2.33. The normalized spacial score (nSPS) is 29.1. The largest absolute Gasteiger partial charge is 0.460 e. The van der Waals surface area contributed by atoms with Crippen LogP contribution in [0.15, 0.2) is 0 Å². The van der Waals surface area contributed by atoms with Gasteiger partial charge in [0.1, 0.15) is 11.3 Å². The predicted molar refractivity (Wildman–Crippen MR) is 71.2 cm³/mol. The molecule has 0 aromatic heterocycles. The Balaban J connectivity index is 2.33. The topological polar surface area (TPSA) is 26.3 Å². The van der Waals surface area contributed by atoms with Gasteiger partial charge >= 0.3 is 5.97 Å². The fraction of sp³-hybridized carbons (Fsp3) is 0.933. The van der Waals surface area contributed by atoms with Gasteiger partial charge in [-0.2, -0.15) is 0 Å². The van der Waals surface area contributed by atoms with Crippen molar-refractivity contribution >= 4 is 5.97 Å². The molecule has 3 heteroatoms. The van der Waals surface area contributed by atoms with Crippen LogP contribution in [-0.4, -0.2) is 17.2 Å². The lowest BCUT2D eigenvalue weighted by atomic mass is 9.77. The first-order chi connectivity index (χ1) is 8.24. The van der Waals surface area contributed by atoms with Crippen LogP contribution in [0.3, 0.4) is 0 Å². The molecule has 0 unspecified atom stereocenters. The molecule has 0 radical (unpaired) electrons. The zero-order chi connectivity index (χ0) is 13.8. The van der Waals surface area contributed by atoms with Crippen molar-refractivity contribution in [2.24, 2.45) is 5.92 Å². The molecule has 0 bridgehead atoms. The van der Waals surface area contributed by atoms with E-state index in [4.69, 9.17) is 4.74 Å². The fourth-order valence-electron chi connectivity index (χ4n) is 2.72. The van der Waals surface area contributed by atoms with Crippen LogP contribution in [0.1, 0.15) is 72.6 Å². The Morgan fingerprint density at radius 2 is 1.89 bits per heavy atom. The maximum atomic E-state index is 14.2. The summed E-state index contributed by atoms with van der Waals surface area (Å²) in [6.45, 7) is 7.65. The summed E-state index contributed by atoms with van der Waals surface area (Å²) in [5.41, 5.74) is -1.39. The highest BCUT2D eigenvalue weighted by Gasteiger charge is 2.35. The van der Waals surface area contributed by atoms with Gasteiger partial charge in [0.05, 0.1) is 0 Å². The molecule has 0 N–H and O–H groups in total. The number of hydrogen-bond acceptors (Lipinski definition) is 2. The van der Waals surface area contributed by atoms with Crippen molar-refractivity contribution in [3.63, 3.8) is 0 Å². The van der Waals surface area contributed by atoms with Gasteiger partial charge in [-0.1, -0.05) is 13.3 Å². The minimum Gasteiger partial charge on any atom is -0.460 e. The van der Waals surface area contributed by atoms with Crippen LogP contribution in [0.2, 0.25) is 0 Å². The van der Waals surface area contributed by atoms with E-state index < -0.39 is 11.3 Å². The van der Waals surface area contributed by atoms with Gasteiger partial charge in [0.2, 0.25) is 0 Å². The molecular formula is C15H27FO2. The first kappa shape index (κ1) is 15.5. The summed E-state index contributed by atoms with van der Waals surface area (Å²) in [6.07, 6.45) is 4.84. The summed E-state index contributed by atoms with van der Waals surface area (Å²) in [7, 11) is 0. The van der Waals surface area contributed by atoms with E-state index in [1.54, 1.807) is 0 Å². The van der Waals surface area contributed by atoms with Crippen molar-refractivity contribution in [2.75, 3.05) is 0 Å². The summed E-state index contributed by atoms with van der Waals surface area (Å²) in [6, 6.07) is 0. The second-order valence-electron chi connectivity index (χ2n) is 6.63. The minimum atomic E-state index is -0.973. The first-order valence-corrected chi connectivity index (χ1v) is 7.15. The summed E-state index contributed by atoms with van der Waals surface area (Å²) < 4.78 is 19.5. The zero-order valence-electron chi connectivity index (χ0n) is 12.2. The summed E-state index contributed by atoms with van der Waals surface area (Å²) in [4.78, 5) is 11.7. The van der Waals surface area contributed by atoms with Crippen LogP contribution in [0, 0.1) is 5.92 Å². The molecule has 1 saturated carbocycles. The lowest BCUT2D eigenvalue weighted by molar-refractivity contribution is -0.156. The molecule has 1 aliphatic rings. The quantitative estimate of drug-likeness (QED) is 0.698. The van der Waals surface area contributed by atoms with Crippen molar-refractivity contribution in [3.8, 4) is 0 Å². The van der Waals surface area contributed by atoms with Crippen LogP contribution < -0.4 is 0 Å². The van der Waals surface area contributed by atoms with Crippen LogP contribution in [-0.2, 0) is 9.53 Å². The van der Waals surface area contributed by atoms with E-state index in [2.05, 4.69) is 0 Å². The number of rotatable bonds is 4. The molecule has 0 heterocycles. The standard InChI is InChI=1S/C15H27FO2/c1-5-8-15(16)9-6-12(7-10-15)11-13(17)18-14(2,3)4/h12H,5-11H2,1-4H3. The number of ether oxygens (including phenoxy) is 1. The number of carbonyl (C=O) groups excluding carboxylic acids is 1. The number of carbonyl (C=O) groups is 1. The minimum absolute atomic E-state index is 0.144. The molecule has 0 aromatic carbocycles. The summed E-state index contributed by atoms with van der Waals surface area (Å²) in [5.74, 6) is 0.162. The number of alkyl halides is 1. The Hall–Kier alpha value is -0.600. The van der Waals surface area contributed by atoms with E-state index >= 15 is 0 Å². The molecule has 1 fully saturated rings. The maximum absolute atomic E-state index is 14.2. The molecule has 1 aliphatic carbocycles. The highest BCUT2D eigenvalue weighted by Crippen LogP contribution is 2.39. The molecule has 0 spiro atoms. The number of esters is 1. The summed E-state index contributed by atoms with van der Waals surface area (Å²) >= 11 is 0. The van der Waals surface area contributed by atoms with Gasteiger partial charge in [0.25, 0.3) is 0 Å². The van der Waals surface area contributed by atoms with Crippen LogP contribution >= 0.6 is 0 Å². The van der Waals surface area contributed by atoms with E-state index in [0.717, 1.165) is 19.3 Å². The predicted octanol–water partition coefficient (Wildman–Crippen LogP) is 4.42.